The SMILES string of the molecule is Cc1cc(N[C@@H]2CCCN(C(C)C)C2)nnc1-c1ccc(C(F)(F)F)cc1NC(=O)C(F)(F)F. The molecule has 2 aromatic rings. The van der Waals surface area contributed by atoms with E-state index in [0.717, 1.165) is 32.0 Å². The van der Waals surface area contributed by atoms with Crippen molar-refractivity contribution in [3.05, 3.63) is 35.4 Å². The molecule has 1 aliphatic heterocycles. The zero-order chi connectivity index (χ0) is 25.3. The summed E-state index contributed by atoms with van der Waals surface area (Å²) < 4.78 is 77.7. The van der Waals surface area contributed by atoms with E-state index in [4.69, 9.17) is 0 Å². The van der Waals surface area contributed by atoms with Gasteiger partial charge in [0.1, 0.15) is 5.82 Å². The van der Waals surface area contributed by atoms with Gasteiger partial charge in [-0.25, -0.2) is 0 Å². The molecule has 1 saturated heterocycles. The standard InChI is InChI=1S/C22H25F6N5O/c1-12(2)33-8-4-5-15(11-33)29-18-9-13(3)19(32-31-18)16-7-6-14(21(23,24)25)10-17(16)30-20(34)22(26,27)28/h6-7,9-10,12,15H,4-5,8,11H2,1-3H3,(H,29,31)(H,30,34)/t15-/m1/s1. The van der Waals surface area contributed by atoms with Crippen LogP contribution in [0.15, 0.2) is 24.3 Å². The van der Waals surface area contributed by atoms with E-state index >= 15 is 0 Å². The van der Waals surface area contributed by atoms with Crippen LogP contribution in [0, 0.1) is 6.92 Å². The van der Waals surface area contributed by atoms with Crippen molar-refractivity contribution in [1.29, 1.82) is 0 Å². The van der Waals surface area contributed by atoms with Crippen LogP contribution in [-0.2, 0) is 11.0 Å². The van der Waals surface area contributed by atoms with Gasteiger partial charge in [-0.1, -0.05) is 6.07 Å². The van der Waals surface area contributed by atoms with Gasteiger partial charge in [-0.2, -0.15) is 26.3 Å². The number of halogens is 6. The minimum absolute atomic E-state index is 0.0594. The smallest absolute Gasteiger partial charge is 0.365 e. The Kier molecular flexibility index (Phi) is 7.39. The molecule has 1 aromatic carbocycles. The largest absolute Gasteiger partial charge is 0.471 e. The van der Waals surface area contributed by atoms with Gasteiger partial charge in [-0.05, 0) is 63.9 Å². The summed E-state index contributed by atoms with van der Waals surface area (Å²) in [6.45, 7) is 7.65. The Morgan fingerprint density at radius 3 is 2.41 bits per heavy atom. The molecule has 1 aliphatic rings. The first kappa shape index (κ1) is 25.7. The summed E-state index contributed by atoms with van der Waals surface area (Å²) in [5.74, 6) is -1.94. The number of anilines is 2. The summed E-state index contributed by atoms with van der Waals surface area (Å²) in [6, 6.07) is 4.29. The third kappa shape index (κ3) is 6.16. The molecule has 0 radical (unpaired) electrons. The Morgan fingerprint density at radius 2 is 1.82 bits per heavy atom. The molecule has 2 N–H and O–H groups in total. The lowest BCUT2D eigenvalue weighted by atomic mass is 10.0. The molecule has 0 spiro atoms. The summed E-state index contributed by atoms with van der Waals surface area (Å²) in [4.78, 5) is 13.8. The Labute approximate surface area is 192 Å². The maximum absolute atomic E-state index is 13.1. The van der Waals surface area contributed by atoms with Crippen LogP contribution in [0.5, 0.6) is 0 Å². The predicted octanol–water partition coefficient (Wildman–Crippen LogP) is 5.26. The monoisotopic (exact) mass is 489 g/mol. The van der Waals surface area contributed by atoms with Crippen molar-refractivity contribution in [1.82, 2.24) is 15.1 Å². The van der Waals surface area contributed by atoms with E-state index in [9.17, 15) is 31.1 Å². The molecule has 12 heteroatoms. The van der Waals surface area contributed by atoms with E-state index in [-0.39, 0.29) is 17.3 Å². The van der Waals surface area contributed by atoms with Crippen molar-refractivity contribution in [2.75, 3.05) is 23.7 Å². The predicted molar refractivity (Wildman–Crippen MR) is 115 cm³/mol. The van der Waals surface area contributed by atoms with Crippen molar-refractivity contribution in [3.8, 4) is 11.3 Å². The van der Waals surface area contributed by atoms with Crippen molar-refractivity contribution in [2.24, 2.45) is 0 Å². The number of carbonyl (C=O) groups excluding carboxylic acids is 1. The van der Waals surface area contributed by atoms with Crippen LogP contribution in [0.25, 0.3) is 11.3 Å². The highest BCUT2D eigenvalue weighted by molar-refractivity contribution is 5.98. The summed E-state index contributed by atoms with van der Waals surface area (Å²) in [5.41, 5.74) is -1.44. The van der Waals surface area contributed by atoms with E-state index in [0.29, 0.717) is 29.6 Å². The fourth-order valence-electron chi connectivity index (χ4n) is 3.85. The van der Waals surface area contributed by atoms with E-state index in [2.05, 4.69) is 34.3 Å². The third-order valence-electron chi connectivity index (χ3n) is 5.63. The van der Waals surface area contributed by atoms with Crippen molar-refractivity contribution < 1.29 is 31.1 Å². The van der Waals surface area contributed by atoms with Gasteiger partial charge in [-0.15, -0.1) is 10.2 Å². The molecular weight excluding hydrogens is 464 g/mol. The van der Waals surface area contributed by atoms with Crippen LogP contribution in [-0.4, -0.2) is 52.4 Å². The van der Waals surface area contributed by atoms with Gasteiger partial charge >= 0.3 is 18.3 Å². The number of nitrogens with one attached hydrogen (secondary N) is 2. The Balaban J connectivity index is 1.90. The average Bonchev–Trinajstić information content (AvgIpc) is 2.73. The van der Waals surface area contributed by atoms with Gasteiger partial charge < -0.3 is 10.6 Å². The molecular formula is C22H25F6N5O. The molecule has 6 nitrogen and oxygen atoms in total. The number of piperidine rings is 1. The molecule has 3 rings (SSSR count). The number of aryl methyl sites for hydroxylation is 1. The topological polar surface area (TPSA) is 70.2 Å². The summed E-state index contributed by atoms with van der Waals surface area (Å²) in [7, 11) is 0. The number of alkyl halides is 6. The number of likely N-dealkylation sites (tertiary alicyclic amines) is 1. The molecule has 0 unspecified atom stereocenters. The van der Waals surface area contributed by atoms with E-state index in [1.54, 1.807) is 13.0 Å². The molecule has 1 atom stereocenters. The molecule has 0 bridgehead atoms. The quantitative estimate of drug-likeness (QED) is 0.561. The molecule has 1 fully saturated rings. The second-order valence-corrected chi connectivity index (χ2v) is 8.54. The van der Waals surface area contributed by atoms with E-state index in [1.807, 2.05) is 0 Å². The van der Waals surface area contributed by atoms with Gasteiger partial charge in [0.2, 0.25) is 0 Å². The van der Waals surface area contributed by atoms with Crippen LogP contribution in [0.3, 0.4) is 0 Å². The van der Waals surface area contributed by atoms with Crippen LogP contribution < -0.4 is 10.6 Å². The molecule has 186 valence electrons. The Bertz CT molecular complexity index is 1040. The minimum Gasteiger partial charge on any atom is -0.365 e. The van der Waals surface area contributed by atoms with Crippen LogP contribution in [0.4, 0.5) is 37.8 Å². The fourth-order valence-corrected chi connectivity index (χ4v) is 3.85. The van der Waals surface area contributed by atoms with Crippen LogP contribution >= 0.6 is 0 Å². The molecule has 1 aromatic heterocycles. The first-order chi connectivity index (χ1) is 15.8. The summed E-state index contributed by atoms with van der Waals surface area (Å²) >= 11 is 0. The van der Waals surface area contributed by atoms with Crippen LogP contribution in [0.1, 0.15) is 37.8 Å². The third-order valence-corrected chi connectivity index (χ3v) is 5.63. The highest BCUT2D eigenvalue weighted by atomic mass is 19.4. The summed E-state index contributed by atoms with van der Waals surface area (Å²) in [6.07, 6.45) is -8.15. The molecule has 1 amide bonds. The number of rotatable bonds is 5. The lowest BCUT2D eigenvalue weighted by Crippen LogP contribution is -2.45. The van der Waals surface area contributed by atoms with Gasteiger partial charge in [0.15, 0.2) is 0 Å². The van der Waals surface area contributed by atoms with Gasteiger partial charge in [-0.3, -0.25) is 9.69 Å². The molecule has 2 heterocycles. The van der Waals surface area contributed by atoms with Gasteiger partial charge in [0.25, 0.3) is 0 Å². The normalized spacial score (nSPS) is 17.6. The maximum Gasteiger partial charge on any atom is 0.471 e. The number of hydrogen-bond donors (Lipinski definition) is 2. The first-order valence-electron chi connectivity index (χ1n) is 10.7. The number of carbonyl (C=O) groups is 1. The molecule has 34 heavy (non-hydrogen) atoms. The highest BCUT2D eigenvalue weighted by Gasteiger charge is 2.40. The van der Waals surface area contributed by atoms with Crippen LogP contribution in [0.2, 0.25) is 0 Å². The maximum atomic E-state index is 13.1. The zero-order valence-corrected chi connectivity index (χ0v) is 18.8. The molecule has 0 aliphatic carbocycles. The number of nitrogens with zero attached hydrogens (tertiary/aromatic N) is 3. The van der Waals surface area contributed by atoms with E-state index in [1.165, 1.54) is 5.32 Å². The highest BCUT2D eigenvalue weighted by Crippen LogP contribution is 2.37. The zero-order valence-electron chi connectivity index (χ0n) is 18.8. The average molecular weight is 489 g/mol. The Morgan fingerprint density at radius 1 is 1.12 bits per heavy atom. The second kappa shape index (κ2) is 9.77. The van der Waals surface area contributed by atoms with Crippen molar-refractivity contribution in [3.63, 3.8) is 0 Å². The number of hydrogen-bond acceptors (Lipinski definition) is 5. The lowest BCUT2D eigenvalue weighted by Gasteiger charge is -2.35. The first-order valence-corrected chi connectivity index (χ1v) is 10.7. The van der Waals surface area contributed by atoms with Crippen molar-refractivity contribution in [2.45, 2.75) is 58.0 Å². The van der Waals surface area contributed by atoms with Crippen molar-refractivity contribution >= 4 is 17.4 Å². The summed E-state index contributed by atoms with van der Waals surface area (Å²) in [5, 5.41) is 13.0. The van der Waals surface area contributed by atoms with E-state index < -0.39 is 29.5 Å². The lowest BCUT2D eigenvalue weighted by molar-refractivity contribution is -0.167. The number of amides is 1. The molecule has 0 saturated carbocycles. The van der Waals surface area contributed by atoms with Gasteiger partial charge in [0.05, 0.1) is 16.9 Å². The second-order valence-electron chi connectivity index (χ2n) is 8.54. The fraction of sp³-hybridized carbons (Fsp3) is 0.500. The number of benzene rings is 1. The number of aromatic nitrogens is 2. The Hall–Kier alpha value is -2.89. The van der Waals surface area contributed by atoms with Gasteiger partial charge in [0, 0.05) is 24.2 Å². The minimum atomic E-state index is -5.27.